The second-order valence-electron chi connectivity index (χ2n) is 12.6. The minimum absolute atomic E-state index is 0.267. The molecule has 8 rings (SSSR count). The van der Waals surface area contributed by atoms with Gasteiger partial charge in [0, 0.05) is 11.1 Å². The van der Waals surface area contributed by atoms with Crippen LogP contribution in [0.25, 0.3) is 0 Å². The number of benzene rings is 3. The Labute approximate surface area is 293 Å². The summed E-state index contributed by atoms with van der Waals surface area (Å²) in [5.74, 6) is 2.10. The fraction of sp³-hybridized carbons (Fsp3) is 0.359. The van der Waals surface area contributed by atoms with Gasteiger partial charge in [0.1, 0.15) is 49.4 Å². The van der Waals surface area contributed by atoms with Gasteiger partial charge in [-0.05, 0) is 89.8 Å². The van der Waals surface area contributed by atoms with Crippen molar-refractivity contribution < 1.29 is 38.0 Å². The van der Waals surface area contributed by atoms with Gasteiger partial charge in [-0.15, -0.1) is 0 Å². The number of rotatable bonds is 0. The maximum absolute atomic E-state index is 13.1. The van der Waals surface area contributed by atoms with Crippen molar-refractivity contribution in [2.45, 2.75) is 39.4 Å². The molecule has 0 radical (unpaired) electrons. The maximum atomic E-state index is 13.1. The van der Waals surface area contributed by atoms with E-state index in [1.165, 1.54) is 0 Å². The van der Waals surface area contributed by atoms with E-state index in [2.05, 4.69) is 15.6 Å². The van der Waals surface area contributed by atoms with Gasteiger partial charge in [0.05, 0.1) is 50.9 Å². The number of nitrogens with one attached hydrogen (secondary N) is 2. The Morgan fingerprint density at radius 3 is 1.34 bits per heavy atom. The van der Waals surface area contributed by atoms with Crippen molar-refractivity contribution in [3.05, 3.63) is 113 Å². The molecule has 264 valence electrons. The Kier molecular flexibility index (Phi) is 13.0. The number of nitrogens with zero attached hydrogens (tertiary/aromatic N) is 1. The van der Waals surface area contributed by atoms with Crippen LogP contribution in [0, 0.1) is 0 Å². The predicted molar refractivity (Wildman–Crippen MR) is 188 cm³/mol. The van der Waals surface area contributed by atoms with Gasteiger partial charge in [0.25, 0.3) is 11.8 Å². The highest BCUT2D eigenvalue weighted by molar-refractivity contribution is 6.00. The van der Waals surface area contributed by atoms with E-state index in [1.54, 1.807) is 6.07 Å². The molecular weight excluding hydrogens is 638 g/mol. The molecule has 2 amide bonds. The Morgan fingerprint density at radius 2 is 0.940 bits per heavy atom. The summed E-state index contributed by atoms with van der Waals surface area (Å²) in [6.45, 7) is 9.50. The van der Waals surface area contributed by atoms with E-state index in [4.69, 9.17) is 28.4 Å². The van der Waals surface area contributed by atoms with Crippen LogP contribution in [0.15, 0.2) is 84.9 Å². The Bertz CT molecular complexity index is 1580. The quantitative estimate of drug-likeness (QED) is 0.247. The molecule has 0 spiro atoms. The third-order valence-corrected chi connectivity index (χ3v) is 7.64. The molecule has 4 aromatic rings. The number of pyridine rings is 1. The molecule has 8 bridgehead atoms. The number of amides is 2. The molecule has 0 atom stereocenters. The summed E-state index contributed by atoms with van der Waals surface area (Å²) in [6, 6.07) is 25.5. The zero-order valence-corrected chi connectivity index (χ0v) is 28.9. The third kappa shape index (κ3) is 11.5. The maximum Gasteiger partial charge on any atom is 0.251 e. The van der Waals surface area contributed by atoms with E-state index in [0.717, 1.165) is 17.0 Å². The summed E-state index contributed by atoms with van der Waals surface area (Å²) in [7, 11) is 0. The smallest absolute Gasteiger partial charge is 0.251 e. The number of hydrogen-bond donors (Lipinski definition) is 2. The largest absolute Gasteiger partial charge is 0.492 e. The lowest BCUT2D eigenvalue weighted by atomic mass is 9.85. The Morgan fingerprint density at radius 1 is 0.540 bits per heavy atom. The highest BCUT2D eigenvalue weighted by Gasteiger charge is 2.20. The van der Waals surface area contributed by atoms with Crippen molar-refractivity contribution in [3.8, 4) is 23.0 Å². The van der Waals surface area contributed by atoms with Gasteiger partial charge < -0.3 is 39.1 Å². The van der Waals surface area contributed by atoms with Crippen molar-refractivity contribution in [1.29, 1.82) is 0 Å². The summed E-state index contributed by atoms with van der Waals surface area (Å²) < 4.78 is 34.7. The van der Waals surface area contributed by atoms with E-state index < -0.39 is 0 Å². The number of carbonyl (C=O) groups excluding carboxylic acids is 2. The number of carbonyl (C=O) groups is 2. The lowest BCUT2D eigenvalue weighted by Crippen LogP contribution is -2.31. The molecule has 4 aliphatic rings. The molecule has 0 fully saturated rings. The lowest BCUT2D eigenvalue weighted by molar-refractivity contribution is 0.0819. The molecule has 1 aromatic heterocycles. The third-order valence-electron chi connectivity index (χ3n) is 7.64. The van der Waals surface area contributed by atoms with Gasteiger partial charge in [0.15, 0.2) is 0 Å². The van der Waals surface area contributed by atoms with Crippen LogP contribution < -0.4 is 29.6 Å². The summed E-state index contributed by atoms with van der Waals surface area (Å²) >= 11 is 0. The lowest BCUT2D eigenvalue weighted by Gasteiger charge is -2.21. The molecule has 2 N–H and O–H groups in total. The normalized spacial score (nSPS) is 16.0. The van der Waals surface area contributed by atoms with Crippen LogP contribution in [-0.2, 0) is 28.1 Å². The van der Waals surface area contributed by atoms with E-state index in [1.807, 2.05) is 99.6 Å². The van der Waals surface area contributed by atoms with Gasteiger partial charge in [-0.1, -0.05) is 26.8 Å². The van der Waals surface area contributed by atoms with Crippen molar-refractivity contribution >= 4 is 11.8 Å². The van der Waals surface area contributed by atoms with Crippen LogP contribution in [0.5, 0.6) is 23.0 Å². The fourth-order valence-electron chi connectivity index (χ4n) is 4.94. The molecule has 0 saturated carbocycles. The Balaban J connectivity index is 1.21. The Hall–Kier alpha value is -5.13. The topological polar surface area (TPSA) is 126 Å². The van der Waals surface area contributed by atoms with Crippen LogP contribution in [0.2, 0.25) is 0 Å². The van der Waals surface area contributed by atoms with E-state index in [0.29, 0.717) is 73.8 Å². The van der Waals surface area contributed by atoms with Crippen molar-refractivity contribution in [2.24, 2.45) is 0 Å². The molecular formula is C39H45N3O8. The summed E-state index contributed by atoms with van der Waals surface area (Å²) in [5, 5.41) is 5.79. The first-order chi connectivity index (χ1) is 24.2. The van der Waals surface area contributed by atoms with Crippen molar-refractivity contribution in [1.82, 2.24) is 15.6 Å². The number of aromatic nitrogens is 1. The average molecular weight is 684 g/mol. The monoisotopic (exact) mass is 683 g/mol. The number of hydrogen-bond acceptors (Lipinski definition) is 9. The standard InChI is InChI=1S/C39H45N3O8/c1-39(2,3)30-24-28-23-29(25-30)38(44)41-16-18-48-34-9-13-36(14-10-34)50-22-20-46-27-32-6-4-5-31(42-32)26-45-19-21-49-35-11-7-33(8-12-35)47-17-15-40-37(28)43/h4-14,23-25H,15-22,26-27H2,1-3H3,(H,40,43)(H,41,44). The van der Waals surface area contributed by atoms with E-state index >= 15 is 0 Å². The zero-order chi connectivity index (χ0) is 35.2. The molecule has 11 heteroatoms. The molecule has 3 aromatic carbocycles. The predicted octanol–water partition coefficient (Wildman–Crippen LogP) is 5.50. The van der Waals surface area contributed by atoms with E-state index in [9.17, 15) is 9.59 Å². The SMILES string of the molecule is CC(C)(C)c1cc2cc(c1)C(=O)NCCOc1ccc(cc1)OCCOCc1cccc(n1)COCCOc1ccc(cc1)OCCNC2=O. The van der Waals surface area contributed by atoms with Gasteiger partial charge in [-0.3, -0.25) is 14.6 Å². The molecule has 50 heavy (non-hydrogen) atoms. The van der Waals surface area contributed by atoms with Gasteiger partial charge in [-0.25, -0.2) is 0 Å². The molecule has 0 saturated heterocycles. The second-order valence-corrected chi connectivity index (χ2v) is 12.6. The number of ether oxygens (including phenoxy) is 6. The summed E-state index contributed by atoms with van der Waals surface area (Å²) in [4.78, 5) is 30.9. The molecule has 0 aliphatic carbocycles. The molecule has 4 aliphatic heterocycles. The van der Waals surface area contributed by atoms with Gasteiger partial charge in [-0.2, -0.15) is 0 Å². The van der Waals surface area contributed by atoms with Crippen LogP contribution in [-0.4, -0.2) is 69.5 Å². The zero-order valence-electron chi connectivity index (χ0n) is 28.9. The minimum Gasteiger partial charge on any atom is -0.492 e. The first kappa shape index (κ1) is 36.2. The second kappa shape index (κ2) is 18.0. The van der Waals surface area contributed by atoms with Gasteiger partial charge >= 0.3 is 0 Å². The molecule has 5 heterocycles. The van der Waals surface area contributed by atoms with Crippen LogP contribution >= 0.6 is 0 Å². The first-order valence-electron chi connectivity index (χ1n) is 16.8. The highest BCUT2D eigenvalue weighted by atomic mass is 16.5. The van der Waals surface area contributed by atoms with Crippen molar-refractivity contribution in [3.63, 3.8) is 0 Å². The van der Waals surface area contributed by atoms with Crippen LogP contribution in [0.4, 0.5) is 0 Å². The fourth-order valence-corrected chi connectivity index (χ4v) is 4.94. The van der Waals surface area contributed by atoms with Crippen molar-refractivity contribution in [2.75, 3.05) is 52.7 Å². The first-order valence-corrected chi connectivity index (χ1v) is 16.8. The van der Waals surface area contributed by atoms with Gasteiger partial charge in [0.2, 0.25) is 0 Å². The highest BCUT2D eigenvalue weighted by Crippen LogP contribution is 2.25. The molecule has 0 unspecified atom stereocenters. The average Bonchev–Trinajstić information content (AvgIpc) is 3.12. The molecule has 11 nitrogen and oxygen atoms in total. The van der Waals surface area contributed by atoms with Crippen LogP contribution in [0.3, 0.4) is 0 Å². The van der Waals surface area contributed by atoms with E-state index in [-0.39, 0.29) is 43.5 Å². The summed E-state index contributed by atoms with van der Waals surface area (Å²) in [6.07, 6.45) is 0. The summed E-state index contributed by atoms with van der Waals surface area (Å²) in [5.41, 5.74) is 3.03. The van der Waals surface area contributed by atoms with Crippen LogP contribution in [0.1, 0.15) is 58.4 Å². The minimum atomic E-state index is -0.288.